The summed E-state index contributed by atoms with van der Waals surface area (Å²) < 4.78 is 0. The van der Waals surface area contributed by atoms with Crippen molar-refractivity contribution in [2.75, 3.05) is 5.32 Å². The Bertz CT molecular complexity index is 513. The zero-order valence-corrected chi connectivity index (χ0v) is 9.97. The van der Waals surface area contributed by atoms with Gasteiger partial charge >= 0.3 is 5.97 Å². The second kappa shape index (κ2) is 4.40. The fourth-order valence-corrected chi connectivity index (χ4v) is 2.65. The van der Waals surface area contributed by atoms with Gasteiger partial charge in [0.25, 0.3) is 0 Å². The van der Waals surface area contributed by atoms with E-state index >= 15 is 0 Å². The highest BCUT2D eigenvalue weighted by molar-refractivity contribution is 5.73. The molecule has 0 aromatic carbocycles. The Balaban J connectivity index is 1.73. The minimum atomic E-state index is -0.761. The lowest BCUT2D eigenvalue weighted by Gasteiger charge is -2.15. The summed E-state index contributed by atoms with van der Waals surface area (Å²) in [5, 5.41) is 12.3. The molecule has 0 fully saturated rings. The van der Waals surface area contributed by atoms with Crippen LogP contribution in [0.5, 0.6) is 0 Å². The molecular weight excluding hydrogens is 230 g/mol. The lowest BCUT2D eigenvalue weighted by atomic mass is 10.1. The molecule has 94 valence electrons. The fraction of sp³-hybridized carbons (Fsp3) is 0.462. The van der Waals surface area contributed by atoms with Crippen LogP contribution >= 0.6 is 0 Å². The molecule has 1 aromatic rings. The molecule has 0 radical (unpaired) electrons. The first-order chi connectivity index (χ1) is 8.74. The molecule has 0 aliphatic heterocycles. The summed E-state index contributed by atoms with van der Waals surface area (Å²) in [7, 11) is 0. The maximum atomic E-state index is 10.9. The molecule has 1 aromatic heterocycles. The van der Waals surface area contributed by atoms with Crippen molar-refractivity contribution in [3.8, 4) is 0 Å². The number of nitrogens with one attached hydrogen (secondary N) is 1. The van der Waals surface area contributed by atoms with E-state index in [-0.39, 0.29) is 12.0 Å². The third-order valence-corrected chi connectivity index (χ3v) is 3.60. The summed E-state index contributed by atoms with van der Waals surface area (Å²) in [6, 6.07) is 0.0608. The summed E-state index contributed by atoms with van der Waals surface area (Å²) in [4.78, 5) is 19.4. The van der Waals surface area contributed by atoms with Crippen LogP contribution in [0, 0.1) is 5.92 Å². The topological polar surface area (TPSA) is 75.1 Å². The van der Waals surface area contributed by atoms with E-state index < -0.39 is 5.97 Å². The minimum absolute atomic E-state index is 0.0608. The second-order valence-corrected chi connectivity index (χ2v) is 4.82. The van der Waals surface area contributed by atoms with Crippen molar-refractivity contribution in [3.63, 3.8) is 0 Å². The van der Waals surface area contributed by atoms with Crippen LogP contribution in [0.2, 0.25) is 0 Å². The Kier molecular flexibility index (Phi) is 2.74. The molecular formula is C13H15N3O2. The number of hydrogen-bond acceptors (Lipinski definition) is 4. The number of anilines is 1. The van der Waals surface area contributed by atoms with Gasteiger partial charge in [0.2, 0.25) is 0 Å². The number of hydrogen-bond donors (Lipinski definition) is 2. The van der Waals surface area contributed by atoms with E-state index in [1.807, 2.05) is 6.08 Å². The Morgan fingerprint density at radius 3 is 3.00 bits per heavy atom. The summed E-state index contributed by atoms with van der Waals surface area (Å²) in [6.45, 7) is 0. The summed E-state index contributed by atoms with van der Waals surface area (Å²) >= 11 is 0. The first kappa shape index (κ1) is 11.2. The van der Waals surface area contributed by atoms with E-state index in [0.717, 1.165) is 30.8 Å². The highest BCUT2D eigenvalue weighted by Crippen LogP contribution is 2.28. The third-order valence-electron chi connectivity index (χ3n) is 3.60. The summed E-state index contributed by atoms with van der Waals surface area (Å²) in [5.41, 5.74) is 2.33. The number of fused-ring (bicyclic) bond motifs is 1. The molecule has 5 heteroatoms. The maximum absolute atomic E-state index is 10.9. The van der Waals surface area contributed by atoms with Crippen LogP contribution in [-0.2, 0) is 17.6 Å². The predicted molar refractivity (Wildman–Crippen MR) is 66.4 cm³/mol. The Morgan fingerprint density at radius 2 is 2.22 bits per heavy atom. The summed E-state index contributed by atoms with van der Waals surface area (Å²) in [6.07, 6.45) is 9.00. The predicted octanol–water partition coefficient (Wildman–Crippen LogP) is 1.41. The standard InChI is InChI=1S/C13H15N3O2/c17-13(18)8-4-5-9(6-8)16-12-10-2-1-3-11(10)14-7-15-12/h4-5,7-9H,1-3,6H2,(H,17,18)(H,14,15,16). The monoisotopic (exact) mass is 245 g/mol. The van der Waals surface area contributed by atoms with Gasteiger partial charge in [0.1, 0.15) is 12.1 Å². The van der Waals surface area contributed by atoms with Gasteiger partial charge in [-0.2, -0.15) is 0 Å². The average molecular weight is 245 g/mol. The van der Waals surface area contributed by atoms with E-state index in [0.29, 0.717) is 6.42 Å². The quantitative estimate of drug-likeness (QED) is 0.787. The van der Waals surface area contributed by atoms with Crippen molar-refractivity contribution in [3.05, 3.63) is 29.7 Å². The first-order valence-electron chi connectivity index (χ1n) is 6.24. The van der Waals surface area contributed by atoms with Crippen LogP contribution in [0.1, 0.15) is 24.1 Å². The molecule has 2 aliphatic rings. The molecule has 3 rings (SSSR count). The number of aromatic nitrogens is 2. The highest BCUT2D eigenvalue weighted by atomic mass is 16.4. The Hall–Kier alpha value is -1.91. The van der Waals surface area contributed by atoms with Crippen molar-refractivity contribution in [1.29, 1.82) is 0 Å². The normalized spacial score (nSPS) is 25.1. The van der Waals surface area contributed by atoms with Gasteiger partial charge in [-0.15, -0.1) is 0 Å². The van der Waals surface area contributed by atoms with Crippen LogP contribution in [0.25, 0.3) is 0 Å². The zero-order valence-electron chi connectivity index (χ0n) is 9.97. The molecule has 2 aliphatic carbocycles. The largest absolute Gasteiger partial charge is 0.481 e. The molecule has 1 heterocycles. The number of carboxylic acid groups (broad SMARTS) is 1. The van der Waals surface area contributed by atoms with Crippen molar-refractivity contribution >= 4 is 11.8 Å². The van der Waals surface area contributed by atoms with Crippen LogP contribution in [0.15, 0.2) is 18.5 Å². The number of nitrogens with zero attached hydrogens (tertiary/aromatic N) is 2. The smallest absolute Gasteiger partial charge is 0.310 e. The summed E-state index contributed by atoms with van der Waals surface area (Å²) in [5.74, 6) is -0.265. The fourth-order valence-electron chi connectivity index (χ4n) is 2.65. The lowest BCUT2D eigenvalue weighted by Crippen LogP contribution is -2.20. The van der Waals surface area contributed by atoms with Gasteiger partial charge in [-0.1, -0.05) is 12.2 Å². The minimum Gasteiger partial charge on any atom is -0.481 e. The van der Waals surface area contributed by atoms with Gasteiger partial charge in [0, 0.05) is 17.3 Å². The van der Waals surface area contributed by atoms with Crippen LogP contribution in [0.4, 0.5) is 5.82 Å². The molecule has 0 bridgehead atoms. The number of aliphatic carboxylic acids is 1. The van der Waals surface area contributed by atoms with E-state index in [4.69, 9.17) is 5.11 Å². The van der Waals surface area contributed by atoms with Crippen LogP contribution in [-0.4, -0.2) is 27.1 Å². The number of rotatable bonds is 3. The van der Waals surface area contributed by atoms with Gasteiger partial charge in [0.15, 0.2) is 0 Å². The molecule has 2 N–H and O–H groups in total. The number of carbonyl (C=O) groups is 1. The lowest BCUT2D eigenvalue weighted by molar-refractivity contribution is -0.140. The third kappa shape index (κ3) is 1.96. The van der Waals surface area contributed by atoms with E-state index in [1.54, 1.807) is 12.4 Å². The zero-order chi connectivity index (χ0) is 12.5. The van der Waals surface area contributed by atoms with Gasteiger partial charge in [-0.25, -0.2) is 9.97 Å². The molecule has 0 saturated heterocycles. The van der Waals surface area contributed by atoms with E-state index in [9.17, 15) is 4.79 Å². The van der Waals surface area contributed by atoms with E-state index in [1.165, 1.54) is 5.56 Å². The van der Waals surface area contributed by atoms with Gasteiger partial charge in [-0.3, -0.25) is 4.79 Å². The van der Waals surface area contributed by atoms with E-state index in [2.05, 4.69) is 15.3 Å². The van der Waals surface area contributed by atoms with Crippen molar-refractivity contribution in [1.82, 2.24) is 9.97 Å². The SMILES string of the molecule is O=C(O)C1C=CC(Nc2ncnc3c2CCC3)C1. The van der Waals surface area contributed by atoms with Crippen molar-refractivity contribution in [2.45, 2.75) is 31.7 Å². The van der Waals surface area contributed by atoms with Crippen LogP contribution < -0.4 is 5.32 Å². The Morgan fingerprint density at radius 1 is 1.33 bits per heavy atom. The molecule has 0 amide bonds. The number of carboxylic acids is 1. The average Bonchev–Trinajstić information content (AvgIpc) is 2.97. The highest BCUT2D eigenvalue weighted by Gasteiger charge is 2.26. The molecule has 5 nitrogen and oxygen atoms in total. The maximum Gasteiger partial charge on any atom is 0.310 e. The van der Waals surface area contributed by atoms with Gasteiger partial charge in [0.05, 0.1) is 5.92 Å². The molecule has 2 atom stereocenters. The van der Waals surface area contributed by atoms with Crippen LogP contribution in [0.3, 0.4) is 0 Å². The second-order valence-electron chi connectivity index (χ2n) is 4.82. The van der Waals surface area contributed by atoms with Gasteiger partial charge < -0.3 is 10.4 Å². The number of aryl methyl sites for hydroxylation is 1. The first-order valence-corrected chi connectivity index (χ1v) is 6.24. The van der Waals surface area contributed by atoms with Crippen molar-refractivity contribution < 1.29 is 9.90 Å². The van der Waals surface area contributed by atoms with Crippen molar-refractivity contribution in [2.24, 2.45) is 5.92 Å². The molecule has 0 spiro atoms. The Labute approximate surface area is 105 Å². The molecule has 0 saturated carbocycles. The molecule has 2 unspecified atom stereocenters. The molecule has 18 heavy (non-hydrogen) atoms. The van der Waals surface area contributed by atoms with Gasteiger partial charge in [-0.05, 0) is 25.7 Å².